The molecule has 138 valence electrons. The second-order valence-corrected chi connectivity index (χ2v) is 7.49. The van der Waals surface area contributed by atoms with Crippen molar-refractivity contribution in [3.8, 4) is 5.75 Å². The average Bonchev–Trinajstić information content (AvgIpc) is 2.61. The molecular formula is C20H30N2O3. The lowest BCUT2D eigenvalue weighted by atomic mass is 9.84. The third-order valence-corrected chi connectivity index (χ3v) is 5.67. The van der Waals surface area contributed by atoms with Gasteiger partial charge in [0.25, 0.3) is 0 Å². The Kier molecular flexibility index (Phi) is 5.64. The van der Waals surface area contributed by atoms with Gasteiger partial charge in [-0.25, -0.2) is 0 Å². The van der Waals surface area contributed by atoms with Crippen molar-refractivity contribution in [1.29, 1.82) is 0 Å². The first kappa shape index (κ1) is 18.2. The molecule has 1 heterocycles. The number of aliphatic hydroxyl groups is 1. The highest BCUT2D eigenvalue weighted by Gasteiger charge is 2.36. The van der Waals surface area contributed by atoms with Crippen LogP contribution in [0.5, 0.6) is 5.75 Å². The molecule has 2 aliphatic rings. The van der Waals surface area contributed by atoms with E-state index in [0.29, 0.717) is 13.1 Å². The zero-order valence-corrected chi connectivity index (χ0v) is 15.4. The second kappa shape index (κ2) is 7.75. The molecule has 25 heavy (non-hydrogen) atoms. The number of carbonyl (C=O) groups is 1. The van der Waals surface area contributed by atoms with Gasteiger partial charge >= 0.3 is 0 Å². The Labute approximate surface area is 150 Å². The summed E-state index contributed by atoms with van der Waals surface area (Å²) in [5.74, 6) is 0.906. The molecule has 1 saturated carbocycles. The second-order valence-electron chi connectivity index (χ2n) is 7.49. The first-order valence-corrected chi connectivity index (χ1v) is 9.37. The van der Waals surface area contributed by atoms with Gasteiger partial charge in [0, 0.05) is 38.7 Å². The molecule has 1 atom stereocenters. The molecule has 1 aliphatic heterocycles. The normalized spacial score (nSPS) is 24.1. The van der Waals surface area contributed by atoms with Gasteiger partial charge in [0.1, 0.15) is 5.75 Å². The van der Waals surface area contributed by atoms with Crippen molar-refractivity contribution in [2.45, 2.75) is 50.7 Å². The summed E-state index contributed by atoms with van der Waals surface area (Å²) in [6, 6.07) is 7.89. The molecule has 1 aliphatic carbocycles. The third-order valence-electron chi connectivity index (χ3n) is 5.67. The highest BCUT2D eigenvalue weighted by atomic mass is 16.5. The fraction of sp³-hybridized carbons (Fsp3) is 0.650. The standard InChI is InChI=1S/C20H30N2O3/c1-16(23)22-13-12-21(15-20(24)10-6-3-7-11-20)14-18(22)17-8-4-5-9-19(17)25-2/h4-5,8-9,18,24H,3,6-7,10-15H2,1-2H3/t18-/m0/s1. The largest absolute Gasteiger partial charge is 0.496 e. The molecule has 5 nitrogen and oxygen atoms in total. The molecule has 3 rings (SSSR count). The van der Waals surface area contributed by atoms with E-state index in [4.69, 9.17) is 4.74 Å². The van der Waals surface area contributed by atoms with Gasteiger partial charge in [0.2, 0.25) is 5.91 Å². The minimum atomic E-state index is -0.567. The molecule has 0 radical (unpaired) electrons. The third kappa shape index (κ3) is 4.15. The van der Waals surface area contributed by atoms with E-state index >= 15 is 0 Å². The van der Waals surface area contributed by atoms with Crippen LogP contribution in [0.4, 0.5) is 0 Å². The molecule has 2 fully saturated rings. The lowest BCUT2D eigenvalue weighted by Crippen LogP contribution is -2.54. The van der Waals surface area contributed by atoms with Crippen LogP contribution in [0.2, 0.25) is 0 Å². The quantitative estimate of drug-likeness (QED) is 0.910. The number of β-amino-alcohol motifs (C(OH)–C–C–N with tert-alkyl or cyclic N) is 1. The zero-order valence-electron chi connectivity index (χ0n) is 15.4. The lowest BCUT2D eigenvalue weighted by molar-refractivity contribution is -0.135. The summed E-state index contributed by atoms with van der Waals surface area (Å²) in [6.07, 6.45) is 5.22. The maximum Gasteiger partial charge on any atom is 0.220 e. The van der Waals surface area contributed by atoms with Crippen LogP contribution in [-0.4, -0.2) is 59.7 Å². The minimum Gasteiger partial charge on any atom is -0.496 e. The van der Waals surface area contributed by atoms with Crippen LogP contribution >= 0.6 is 0 Å². The number of methoxy groups -OCH3 is 1. The van der Waals surface area contributed by atoms with Crippen LogP contribution in [0.1, 0.15) is 50.6 Å². The number of piperazine rings is 1. The number of hydrogen-bond donors (Lipinski definition) is 1. The average molecular weight is 346 g/mol. The highest BCUT2D eigenvalue weighted by molar-refractivity contribution is 5.74. The zero-order chi connectivity index (χ0) is 17.9. The molecule has 1 N–H and O–H groups in total. The smallest absolute Gasteiger partial charge is 0.220 e. The van der Waals surface area contributed by atoms with Crippen LogP contribution in [0.25, 0.3) is 0 Å². The molecule has 1 aromatic carbocycles. The summed E-state index contributed by atoms with van der Waals surface area (Å²) in [5.41, 5.74) is 0.475. The van der Waals surface area contributed by atoms with Crippen molar-refractivity contribution >= 4 is 5.91 Å². The van der Waals surface area contributed by atoms with Crippen molar-refractivity contribution in [2.75, 3.05) is 33.3 Å². The van der Waals surface area contributed by atoms with E-state index in [0.717, 1.165) is 50.1 Å². The SMILES string of the molecule is COc1ccccc1[C@@H]1CN(CC2(O)CCCCC2)CCN1C(C)=O. The maximum absolute atomic E-state index is 12.2. The molecule has 0 unspecified atom stereocenters. The predicted octanol–water partition coefficient (Wildman–Crippen LogP) is 2.60. The molecule has 5 heteroatoms. The van der Waals surface area contributed by atoms with Crippen molar-refractivity contribution < 1.29 is 14.6 Å². The Hall–Kier alpha value is -1.59. The van der Waals surface area contributed by atoms with Gasteiger partial charge in [-0.2, -0.15) is 0 Å². The Bertz CT molecular complexity index is 598. The molecule has 1 saturated heterocycles. The van der Waals surface area contributed by atoms with Crippen LogP contribution < -0.4 is 4.74 Å². The summed E-state index contributed by atoms with van der Waals surface area (Å²) in [5, 5.41) is 10.9. The van der Waals surface area contributed by atoms with E-state index in [1.807, 2.05) is 29.2 Å². The Morgan fingerprint density at radius 1 is 1.24 bits per heavy atom. The predicted molar refractivity (Wildman–Crippen MR) is 97.6 cm³/mol. The van der Waals surface area contributed by atoms with Gasteiger partial charge in [0.05, 0.1) is 18.8 Å². The van der Waals surface area contributed by atoms with Crippen molar-refractivity contribution in [3.05, 3.63) is 29.8 Å². The first-order chi connectivity index (χ1) is 12.0. The maximum atomic E-state index is 12.2. The summed E-state index contributed by atoms with van der Waals surface area (Å²) in [6.45, 7) is 4.57. The molecule has 1 aromatic rings. The van der Waals surface area contributed by atoms with Crippen molar-refractivity contribution in [3.63, 3.8) is 0 Å². The van der Waals surface area contributed by atoms with Gasteiger partial charge in [0.15, 0.2) is 0 Å². The van der Waals surface area contributed by atoms with Crippen LogP contribution in [-0.2, 0) is 4.79 Å². The van der Waals surface area contributed by atoms with Gasteiger partial charge < -0.3 is 14.7 Å². The Balaban J connectivity index is 1.79. The van der Waals surface area contributed by atoms with E-state index in [2.05, 4.69) is 4.90 Å². The molecule has 0 aromatic heterocycles. The number of carbonyl (C=O) groups excluding carboxylic acids is 1. The van der Waals surface area contributed by atoms with Gasteiger partial charge in [-0.15, -0.1) is 0 Å². The van der Waals surface area contributed by atoms with E-state index in [9.17, 15) is 9.90 Å². The minimum absolute atomic E-state index is 0.0328. The fourth-order valence-electron chi connectivity index (χ4n) is 4.35. The van der Waals surface area contributed by atoms with Crippen molar-refractivity contribution in [1.82, 2.24) is 9.80 Å². The number of rotatable bonds is 4. The number of ether oxygens (including phenoxy) is 1. The number of hydrogen-bond acceptors (Lipinski definition) is 4. The number of amides is 1. The summed E-state index contributed by atoms with van der Waals surface area (Å²) in [7, 11) is 1.67. The van der Waals surface area contributed by atoms with Gasteiger partial charge in [-0.05, 0) is 18.9 Å². The summed E-state index contributed by atoms with van der Waals surface area (Å²) < 4.78 is 5.53. The Morgan fingerprint density at radius 3 is 2.64 bits per heavy atom. The van der Waals surface area contributed by atoms with E-state index in [-0.39, 0.29) is 11.9 Å². The fourth-order valence-corrected chi connectivity index (χ4v) is 4.35. The van der Waals surface area contributed by atoms with Crippen LogP contribution in [0.3, 0.4) is 0 Å². The molecular weight excluding hydrogens is 316 g/mol. The summed E-state index contributed by atoms with van der Waals surface area (Å²) in [4.78, 5) is 16.4. The van der Waals surface area contributed by atoms with Crippen LogP contribution in [0.15, 0.2) is 24.3 Å². The number of nitrogens with zero attached hydrogens (tertiary/aromatic N) is 2. The number of benzene rings is 1. The summed E-state index contributed by atoms with van der Waals surface area (Å²) >= 11 is 0. The van der Waals surface area contributed by atoms with E-state index in [1.165, 1.54) is 6.42 Å². The molecule has 0 spiro atoms. The van der Waals surface area contributed by atoms with Crippen molar-refractivity contribution in [2.24, 2.45) is 0 Å². The van der Waals surface area contributed by atoms with Gasteiger partial charge in [-0.3, -0.25) is 9.69 Å². The lowest BCUT2D eigenvalue weighted by Gasteiger charge is -2.45. The van der Waals surface area contributed by atoms with Crippen LogP contribution in [0, 0.1) is 0 Å². The van der Waals surface area contributed by atoms with E-state index in [1.54, 1.807) is 14.0 Å². The Morgan fingerprint density at radius 2 is 1.96 bits per heavy atom. The topological polar surface area (TPSA) is 53.0 Å². The monoisotopic (exact) mass is 346 g/mol. The van der Waals surface area contributed by atoms with Gasteiger partial charge in [-0.1, -0.05) is 37.5 Å². The molecule has 1 amide bonds. The molecule has 0 bridgehead atoms. The van der Waals surface area contributed by atoms with E-state index < -0.39 is 5.60 Å². The highest BCUT2D eigenvalue weighted by Crippen LogP contribution is 2.34. The number of para-hydroxylation sites is 1. The first-order valence-electron chi connectivity index (χ1n) is 9.37.